The number of aromatic nitrogens is 2. The van der Waals surface area contributed by atoms with Gasteiger partial charge in [-0.3, -0.25) is 0 Å². The minimum absolute atomic E-state index is 0.599. The first-order valence-electron chi connectivity index (χ1n) is 6.53. The quantitative estimate of drug-likeness (QED) is 0.723. The predicted octanol–water partition coefficient (Wildman–Crippen LogP) is 4.08. The lowest BCUT2D eigenvalue weighted by molar-refractivity contribution is 0.300. The largest absolute Gasteiger partial charge is 0.492 e. The summed E-state index contributed by atoms with van der Waals surface area (Å²) in [6.07, 6.45) is 1.85. The van der Waals surface area contributed by atoms with E-state index in [0.29, 0.717) is 6.61 Å². The number of benzene rings is 2. The van der Waals surface area contributed by atoms with Crippen LogP contribution in [0.5, 0.6) is 5.75 Å². The normalized spacial score (nSPS) is 10.9. The molecule has 0 radical (unpaired) electrons. The first-order chi connectivity index (χ1) is 9.74. The smallest absolute Gasteiger partial charge is 0.119 e. The number of rotatable bonds is 4. The Morgan fingerprint density at radius 1 is 1.20 bits per heavy atom. The molecule has 0 saturated carbocycles. The van der Waals surface area contributed by atoms with Gasteiger partial charge >= 0.3 is 0 Å². The van der Waals surface area contributed by atoms with Crippen molar-refractivity contribution in [3.05, 3.63) is 59.4 Å². The van der Waals surface area contributed by atoms with Gasteiger partial charge in [0.2, 0.25) is 0 Å². The minimum atomic E-state index is 0.599. The Balaban J connectivity index is 1.66. The Morgan fingerprint density at radius 2 is 2.05 bits per heavy atom. The second-order valence-corrected chi connectivity index (χ2v) is 5.09. The van der Waals surface area contributed by atoms with Crippen molar-refractivity contribution in [2.45, 2.75) is 13.5 Å². The first-order valence-corrected chi connectivity index (χ1v) is 6.90. The maximum atomic E-state index is 5.99. The topological polar surface area (TPSA) is 27.1 Å². The zero-order chi connectivity index (χ0) is 13.9. The average molecular weight is 287 g/mol. The number of halogens is 1. The molecule has 0 aliphatic heterocycles. The number of hydrogen-bond acceptors (Lipinski definition) is 2. The highest BCUT2D eigenvalue weighted by atomic mass is 35.5. The number of ether oxygens (including phenoxy) is 1. The van der Waals surface area contributed by atoms with Crippen LogP contribution in [0.4, 0.5) is 0 Å². The molecule has 4 heteroatoms. The standard InChI is InChI=1S/C16H15ClN2O/c1-12-10-13(6-7-14(12)17)20-9-8-19-11-18-15-4-2-3-5-16(15)19/h2-7,10-11H,8-9H2,1H3. The molecule has 2 aromatic carbocycles. The number of nitrogens with zero attached hydrogens (tertiary/aromatic N) is 2. The molecule has 1 heterocycles. The van der Waals surface area contributed by atoms with Gasteiger partial charge in [-0.1, -0.05) is 23.7 Å². The molecule has 0 unspecified atom stereocenters. The minimum Gasteiger partial charge on any atom is -0.492 e. The Morgan fingerprint density at radius 3 is 2.90 bits per heavy atom. The van der Waals surface area contributed by atoms with Crippen LogP contribution in [0.25, 0.3) is 11.0 Å². The van der Waals surface area contributed by atoms with Gasteiger partial charge in [0.15, 0.2) is 0 Å². The van der Waals surface area contributed by atoms with Gasteiger partial charge in [-0.05, 0) is 42.8 Å². The molecule has 0 aliphatic rings. The summed E-state index contributed by atoms with van der Waals surface area (Å²) in [7, 11) is 0. The van der Waals surface area contributed by atoms with Crippen LogP contribution in [0.2, 0.25) is 5.02 Å². The van der Waals surface area contributed by atoms with Gasteiger partial charge in [0.1, 0.15) is 12.4 Å². The van der Waals surface area contributed by atoms with Gasteiger partial charge in [0.25, 0.3) is 0 Å². The summed E-state index contributed by atoms with van der Waals surface area (Å²) in [5, 5.41) is 0.762. The van der Waals surface area contributed by atoms with Crippen molar-refractivity contribution in [1.82, 2.24) is 9.55 Å². The van der Waals surface area contributed by atoms with Crippen molar-refractivity contribution in [3.63, 3.8) is 0 Å². The molecule has 102 valence electrons. The highest BCUT2D eigenvalue weighted by Crippen LogP contribution is 2.21. The Labute approximate surface area is 122 Å². The molecular weight excluding hydrogens is 272 g/mol. The molecule has 0 atom stereocenters. The number of hydrogen-bond donors (Lipinski definition) is 0. The van der Waals surface area contributed by atoms with E-state index in [4.69, 9.17) is 16.3 Å². The van der Waals surface area contributed by atoms with E-state index < -0.39 is 0 Å². The highest BCUT2D eigenvalue weighted by Gasteiger charge is 2.02. The highest BCUT2D eigenvalue weighted by molar-refractivity contribution is 6.31. The van der Waals surface area contributed by atoms with Crippen molar-refractivity contribution in [3.8, 4) is 5.75 Å². The summed E-state index contributed by atoms with van der Waals surface area (Å²) in [5.41, 5.74) is 3.16. The zero-order valence-corrected chi connectivity index (χ0v) is 12.0. The molecule has 3 aromatic rings. The lowest BCUT2D eigenvalue weighted by Crippen LogP contribution is -2.07. The molecule has 0 spiro atoms. The lowest BCUT2D eigenvalue weighted by atomic mass is 10.2. The number of para-hydroxylation sites is 2. The maximum absolute atomic E-state index is 5.99. The summed E-state index contributed by atoms with van der Waals surface area (Å²) in [6, 6.07) is 13.8. The van der Waals surface area contributed by atoms with Crippen LogP contribution < -0.4 is 4.74 Å². The fourth-order valence-corrected chi connectivity index (χ4v) is 2.27. The van der Waals surface area contributed by atoms with Crippen LogP contribution in [0.15, 0.2) is 48.8 Å². The van der Waals surface area contributed by atoms with Crippen LogP contribution in [0, 0.1) is 6.92 Å². The first kappa shape index (κ1) is 13.0. The Bertz CT molecular complexity index is 736. The number of imidazole rings is 1. The monoisotopic (exact) mass is 286 g/mol. The SMILES string of the molecule is Cc1cc(OCCn2cnc3ccccc32)ccc1Cl. The molecule has 0 saturated heterocycles. The van der Waals surface area contributed by atoms with E-state index in [2.05, 4.69) is 15.6 Å². The second-order valence-electron chi connectivity index (χ2n) is 4.69. The van der Waals surface area contributed by atoms with E-state index in [9.17, 15) is 0 Å². The van der Waals surface area contributed by atoms with Gasteiger partial charge in [0, 0.05) is 5.02 Å². The molecule has 0 bridgehead atoms. The molecule has 0 amide bonds. The summed E-state index contributed by atoms with van der Waals surface area (Å²) in [5.74, 6) is 0.844. The summed E-state index contributed by atoms with van der Waals surface area (Å²) >= 11 is 5.99. The van der Waals surface area contributed by atoms with Crippen molar-refractivity contribution in [1.29, 1.82) is 0 Å². The molecular formula is C16H15ClN2O. The van der Waals surface area contributed by atoms with E-state index in [1.165, 1.54) is 0 Å². The van der Waals surface area contributed by atoms with E-state index >= 15 is 0 Å². The van der Waals surface area contributed by atoms with Crippen molar-refractivity contribution < 1.29 is 4.74 Å². The molecule has 0 aliphatic carbocycles. The van der Waals surface area contributed by atoms with Gasteiger partial charge < -0.3 is 9.30 Å². The molecule has 0 fully saturated rings. The number of fused-ring (bicyclic) bond motifs is 1. The Hall–Kier alpha value is -2.00. The third-order valence-electron chi connectivity index (χ3n) is 3.26. The maximum Gasteiger partial charge on any atom is 0.119 e. The van der Waals surface area contributed by atoms with Gasteiger partial charge in [-0.25, -0.2) is 4.98 Å². The zero-order valence-electron chi connectivity index (χ0n) is 11.2. The van der Waals surface area contributed by atoms with E-state index in [1.54, 1.807) is 0 Å². The fourth-order valence-electron chi connectivity index (χ4n) is 2.16. The van der Waals surface area contributed by atoms with E-state index in [0.717, 1.165) is 33.9 Å². The second kappa shape index (κ2) is 5.55. The van der Waals surface area contributed by atoms with Gasteiger partial charge in [0.05, 0.1) is 23.9 Å². The third kappa shape index (κ3) is 2.63. The van der Waals surface area contributed by atoms with Crippen LogP contribution >= 0.6 is 11.6 Å². The molecule has 20 heavy (non-hydrogen) atoms. The van der Waals surface area contributed by atoms with Gasteiger partial charge in [-0.2, -0.15) is 0 Å². The summed E-state index contributed by atoms with van der Waals surface area (Å²) < 4.78 is 7.85. The Kier molecular flexibility index (Phi) is 3.61. The molecule has 3 rings (SSSR count). The summed E-state index contributed by atoms with van der Waals surface area (Å²) in [6.45, 7) is 3.34. The lowest BCUT2D eigenvalue weighted by Gasteiger charge is -2.09. The number of aryl methyl sites for hydroxylation is 1. The molecule has 3 nitrogen and oxygen atoms in total. The predicted molar refractivity (Wildman–Crippen MR) is 81.4 cm³/mol. The fraction of sp³-hybridized carbons (Fsp3) is 0.188. The van der Waals surface area contributed by atoms with Crippen LogP contribution in [0.1, 0.15) is 5.56 Å². The van der Waals surface area contributed by atoms with E-state index in [-0.39, 0.29) is 0 Å². The van der Waals surface area contributed by atoms with Crippen molar-refractivity contribution in [2.75, 3.05) is 6.61 Å². The average Bonchev–Trinajstić information content (AvgIpc) is 2.86. The van der Waals surface area contributed by atoms with Gasteiger partial charge in [-0.15, -0.1) is 0 Å². The van der Waals surface area contributed by atoms with Crippen LogP contribution in [-0.2, 0) is 6.54 Å². The van der Waals surface area contributed by atoms with E-state index in [1.807, 2.05) is 49.6 Å². The van der Waals surface area contributed by atoms with Crippen LogP contribution in [0.3, 0.4) is 0 Å². The van der Waals surface area contributed by atoms with Crippen molar-refractivity contribution >= 4 is 22.6 Å². The summed E-state index contributed by atoms with van der Waals surface area (Å²) in [4.78, 5) is 4.36. The third-order valence-corrected chi connectivity index (χ3v) is 3.68. The molecule has 1 aromatic heterocycles. The van der Waals surface area contributed by atoms with Crippen LogP contribution in [-0.4, -0.2) is 16.2 Å². The van der Waals surface area contributed by atoms with Crippen molar-refractivity contribution in [2.24, 2.45) is 0 Å². The molecule has 0 N–H and O–H groups in total.